The maximum atomic E-state index is 9.79. The molecule has 1 aliphatic rings. The molecule has 0 aliphatic carbocycles. The molecular weight excluding hydrogens is 238 g/mol. The van der Waals surface area contributed by atoms with Gasteiger partial charge in [-0.2, -0.15) is 0 Å². The average Bonchev–Trinajstić information content (AvgIpc) is 2.58. The van der Waals surface area contributed by atoms with E-state index in [9.17, 15) is 5.11 Å². The smallest absolute Gasteiger partial charge is 0.131 e. The summed E-state index contributed by atoms with van der Waals surface area (Å²) in [5, 5.41) is 10.3. The number of aliphatic hydroxyl groups is 1. The molecule has 1 fully saturated rings. The standard InChI is InChI=1S/C12H18ClN3O/c1-15(2)7-9-6-10(17)8-16(9)12-5-3-4-11(13)14-12/h3-5,9-10,17H,6-8H2,1-2H3. The van der Waals surface area contributed by atoms with E-state index in [1.54, 1.807) is 6.07 Å². The molecule has 1 aromatic heterocycles. The van der Waals surface area contributed by atoms with E-state index in [1.807, 2.05) is 26.2 Å². The number of pyridine rings is 1. The lowest BCUT2D eigenvalue weighted by Crippen LogP contribution is -2.38. The van der Waals surface area contributed by atoms with E-state index in [-0.39, 0.29) is 6.10 Å². The van der Waals surface area contributed by atoms with Gasteiger partial charge in [0.25, 0.3) is 0 Å². The Kier molecular flexibility index (Phi) is 3.86. The minimum absolute atomic E-state index is 0.277. The van der Waals surface area contributed by atoms with Crippen LogP contribution in [0.5, 0.6) is 0 Å². The molecule has 0 amide bonds. The number of anilines is 1. The van der Waals surface area contributed by atoms with Gasteiger partial charge in [0.15, 0.2) is 0 Å². The van der Waals surface area contributed by atoms with E-state index in [0.29, 0.717) is 17.7 Å². The van der Waals surface area contributed by atoms with Crippen molar-refractivity contribution in [3.05, 3.63) is 23.4 Å². The number of hydrogen-bond donors (Lipinski definition) is 1. The van der Waals surface area contributed by atoms with E-state index < -0.39 is 0 Å². The molecule has 1 aromatic rings. The van der Waals surface area contributed by atoms with E-state index in [4.69, 9.17) is 11.6 Å². The highest BCUT2D eigenvalue weighted by molar-refractivity contribution is 6.29. The largest absolute Gasteiger partial charge is 0.391 e. The molecule has 2 rings (SSSR count). The summed E-state index contributed by atoms with van der Waals surface area (Å²) in [7, 11) is 4.07. The predicted molar refractivity (Wildman–Crippen MR) is 69.6 cm³/mol. The fourth-order valence-electron chi connectivity index (χ4n) is 2.32. The second kappa shape index (κ2) is 5.21. The van der Waals surface area contributed by atoms with Crippen LogP contribution in [-0.2, 0) is 0 Å². The summed E-state index contributed by atoms with van der Waals surface area (Å²) in [5.74, 6) is 0.848. The molecule has 0 aromatic carbocycles. The quantitative estimate of drug-likeness (QED) is 0.825. The third-order valence-electron chi connectivity index (χ3n) is 2.96. The molecule has 2 unspecified atom stereocenters. The summed E-state index contributed by atoms with van der Waals surface area (Å²) >= 11 is 5.90. The number of likely N-dealkylation sites (N-methyl/N-ethyl adjacent to an activating group) is 1. The van der Waals surface area contributed by atoms with Crippen LogP contribution in [-0.4, -0.2) is 54.3 Å². The number of aliphatic hydroxyl groups excluding tert-OH is 1. The van der Waals surface area contributed by atoms with Gasteiger partial charge in [-0.3, -0.25) is 0 Å². The van der Waals surface area contributed by atoms with E-state index in [0.717, 1.165) is 18.8 Å². The van der Waals surface area contributed by atoms with Crippen molar-refractivity contribution in [3.63, 3.8) is 0 Å². The van der Waals surface area contributed by atoms with Crippen LogP contribution >= 0.6 is 11.6 Å². The van der Waals surface area contributed by atoms with Crippen molar-refractivity contribution in [3.8, 4) is 0 Å². The molecular formula is C12H18ClN3O. The normalized spacial score (nSPS) is 24.6. The molecule has 1 saturated heterocycles. The van der Waals surface area contributed by atoms with Gasteiger partial charge in [-0.1, -0.05) is 17.7 Å². The molecule has 1 N–H and O–H groups in total. The zero-order valence-electron chi connectivity index (χ0n) is 10.2. The van der Waals surface area contributed by atoms with Crippen molar-refractivity contribution >= 4 is 17.4 Å². The van der Waals surface area contributed by atoms with Gasteiger partial charge in [0.05, 0.1) is 6.10 Å². The van der Waals surface area contributed by atoms with Crippen molar-refractivity contribution in [1.29, 1.82) is 0 Å². The first kappa shape index (κ1) is 12.6. The van der Waals surface area contributed by atoms with E-state index in [1.165, 1.54) is 0 Å². The number of β-amino-alcohol motifs (C(OH)–C–C–N with tert-alkyl or cyclic N) is 1. The summed E-state index contributed by atoms with van der Waals surface area (Å²) in [6.45, 7) is 1.54. The maximum absolute atomic E-state index is 9.79. The van der Waals surface area contributed by atoms with Crippen LogP contribution in [0.4, 0.5) is 5.82 Å². The highest BCUT2D eigenvalue weighted by Gasteiger charge is 2.31. The second-order valence-corrected chi connectivity index (χ2v) is 5.16. The van der Waals surface area contributed by atoms with Gasteiger partial charge >= 0.3 is 0 Å². The summed E-state index contributed by atoms with van der Waals surface area (Å²) in [4.78, 5) is 8.57. The molecule has 5 heteroatoms. The zero-order chi connectivity index (χ0) is 12.4. The minimum atomic E-state index is -0.277. The van der Waals surface area contributed by atoms with Crippen molar-refractivity contribution in [2.24, 2.45) is 0 Å². The maximum Gasteiger partial charge on any atom is 0.131 e. The summed E-state index contributed by atoms with van der Waals surface area (Å²) < 4.78 is 0. The Labute approximate surface area is 107 Å². The Balaban J connectivity index is 2.17. The first-order valence-electron chi connectivity index (χ1n) is 5.78. The Morgan fingerprint density at radius 3 is 2.94 bits per heavy atom. The third kappa shape index (κ3) is 3.09. The highest BCUT2D eigenvalue weighted by Crippen LogP contribution is 2.25. The van der Waals surface area contributed by atoms with Crippen molar-refractivity contribution in [2.45, 2.75) is 18.6 Å². The van der Waals surface area contributed by atoms with Crippen molar-refractivity contribution in [1.82, 2.24) is 9.88 Å². The third-order valence-corrected chi connectivity index (χ3v) is 3.17. The molecule has 1 aliphatic heterocycles. The molecule has 0 bridgehead atoms. The van der Waals surface area contributed by atoms with E-state index in [2.05, 4.69) is 14.8 Å². The topological polar surface area (TPSA) is 39.6 Å². The first-order chi connectivity index (χ1) is 8.06. The van der Waals surface area contributed by atoms with Crippen LogP contribution < -0.4 is 4.90 Å². The van der Waals surface area contributed by atoms with Gasteiger partial charge in [-0.05, 0) is 32.6 Å². The summed E-state index contributed by atoms with van der Waals surface area (Å²) in [6.07, 6.45) is 0.507. The van der Waals surface area contributed by atoms with Gasteiger partial charge < -0.3 is 14.9 Å². The lowest BCUT2D eigenvalue weighted by atomic mass is 10.2. The second-order valence-electron chi connectivity index (χ2n) is 4.78. The van der Waals surface area contributed by atoms with Crippen LogP contribution in [0.15, 0.2) is 18.2 Å². The molecule has 0 saturated carbocycles. The van der Waals surface area contributed by atoms with Crippen LogP contribution in [0.2, 0.25) is 5.15 Å². The molecule has 0 spiro atoms. The molecule has 0 radical (unpaired) electrons. The molecule has 4 nitrogen and oxygen atoms in total. The van der Waals surface area contributed by atoms with Crippen molar-refractivity contribution in [2.75, 3.05) is 32.1 Å². The average molecular weight is 256 g/mol. The lowest BCUT2D eigenvalue weighted by Gasteiger charge is -2.27. The summed E-state index contributed by atoms with van der Waals surface area (Å²) in [5.41, 5.74) is 0. The number of hydrogen-bond acceptors (Lipinski definition) is 4. The van der Waals surface area contributed by atoms with Crippen LogP contribution in [0, 0.1) is 0 Å². The minimum Gasteiger partial charge on any atom is -0.391 e. The number of rotatable bonds is 3. The highest BCUT2D eigenvalue weighted by atomic mass is 35.5. The fraction of sp³-hybridized carbons (Fsp3) is 0.583. The molecule has 2 heterocycles. The Morgan fingerprint density at radius 2 is 2.29 bits per heavy atom. The monoisotopic (exact) mass is 255 g/mol. The number of nitrogens with zero attached hydrogens (tertiary/aromatic N) is 3. The fourth-order valence-corrected chi connectivity index (χ4v) is 2.48. The van der Waals surface area contributed by atoms with Gasteiger partial charge in [0, 0.05) is 19.1 Å². The van der Waals surface area contributed by atoms with E-state index >= 15 is 0 Å². The van der Waals surface area contributed by atoms with Crippen LogP contribution in [0.1, 0.15) is 6.42 Å². The molecule has 2 atom stereocenters. The Hall–Kier alpha value is -0.840. The van der Waals surface area contributed by atoms with Gasteiger partial charge in [0.2, 0.25) is 0 Å². The van der Waals surface area contributed by atoms with Crippen LogP contribution in [0.3, 0.4) is 0 Å². The summed E-state index contributed by atoms with van der Waals surface area (Å²) in [6, 6.07) is 5.89. The number of halogens is 1. The first-order valence-corrected chi connectivity index (χ1v) is 6.16. The lowest BCUT2D eigenvalue weighted by molar-refractivity contribution is 0.191. The van der Waals surface area contributed by atoms with Gasteiger partial charge in [0.1, 0.15) is 11.0 Å². The SMILES string of the molecule is CN(C)CC1CC(O)CN1c1cccc(Cl)n1. The van der Waals surface area contributed by atoms with Gasteiger partial charge in [-0.15, -0.1) is 0 Å². The van der Waals surface area contributed by atoms with Crippen LogP contribution in [0.25, 0.3) is 0 Å². The Bertz CT molecular complexity index is 386. The Morgan fingerprint density at radius 1 is 1.53 bits per heavy atom. The molecule has 17 heavy (non-hydrogen) atoms. The predicted octanol–water partition coefficient (Wildman–Crippen LogP) is 1.24. The van der Waals surface area contributed by atoms with Gasteiger partial charge in [-0.25, -0.2) is 4.98 Å². The zero-order valence-corrected chi connectivity index (χ0v) is 10.9. The number of aromatic nitrogens is 1. The molecule has 94 valence electrons. The van der Waals surface area contributed by atoms with Crippen molar-refractivity contribution < 1.29 is 5.11 Å².